The number of anilines is 1. The van der Waals surface area contributed by atoms with Crippen LogP contribution in [0.2, 0.25) is 0 Å². The number of fused-ring (bicyclic) bond motifs is 3. The SMILES string of the molecule is COCC1(C(=O)N2CCn3c2nc2ccccc23)CCNCC1. The molecule has 0 aliphatic carbocycles. The van der Waals surface area contributed by atoms with E-state index < -0.39 is 5.41 Å². The van der Waals surface area contributed by atoms with Gasteiger partial charge in [0.15, 0.2) is 0 Å². The Morgan fingerprint density at radius 2 is 2.09 bits per heavy atom. The van der Waals surface area contributed by atoms with Gasteiger partial charge in [0.05, 0.1) is 23.1 Å². The van der Waals surface area contributed by atoms with Crippen LogP contribution < -0.4 is 10.2 Å². The predicted molar refractivity (Wildman–Crippen MR) is 88.5 cm³/mol. The number of amides is 1. The first-order valence-electron chi connectivity index (χ1n) is 8.22. The molecule has 0 radical (unpaired) electrons. The zero-order valence-corrected chi connectivity index (χ0v) is 13.4. The molecule has 1 amide bonds. The minimum Gasteiger partial charge on any atom is -0.384 e. The third-order valence-corrected chi connectivity index (χ3v) is 5.10. The zero-order chi connectivity index (χ0) is 15.9. The van der Waals surface area contributed by atoms with Gasteiger partial charge in [-0.3, -0.25) is 9.69 Å². The van der Waals surface area contributed by atoms with Crippen molar-refractivity contribution in [3.05, 3.63) is 24.3 Å². The second-order valence-electron chi connectivity index (χ2n) is 6.47. The first-order valence-corrected chi connectivity index (χ1v) is 8.22. The quantitative estimate of drug-likeness (QED) is 0.930. The number of rotatable bonds is 3. The average Bonchev–Trinajstić information content (AvgIpc) is 3.14. The number of nitrogens with zero attached hydrogens (tertiary/aromatic N) is 3. The van der Waals surface area contributed by atoms with Gasteiger partial charge >= 0.3 is 0 Å². The van der Waals surface area contributed by atoms with Gasteiger partial charge in [-0.25, -0.2) is 4.98 Å². The fraction of sp³-hybridized carbons (Fsp3) is 0.529. The number of carbonyl (C=O) groups excluding carboxylic acids is 1. The lowest BCUT2D eigenvalue weighted by Gasteiger charge is -2.37. The van der Waals surface area contributed by atoms with Crippen LogP contribution in [0.3, 0.4) is 0 Å². The van der Waals surface area contributed by atoms with Gasteiger partial charge in [-0.2, -0.15) is 0 Å². The second-order valence-corrected chi connectivity index (χ2v) is 6.47. The van der Waals surface area contributed by atoms with E-state index in [4.69, 9.17) is 9.72 Å². The first kappa shape index (κ1) is 14.7. The molecule has 1 aromatic heterocycles. The van der Waals surface area contributed by atoms with Gasteiger partial charge in [-0.1, -0.05) is 12.1 Å². The Hall–Kier alpha value is -1.92. The molecule has 23 heavy (non-hydrogen) atoms. The normalized spacial score (nSPS) is 20.0. The number of hydrogen-bond donors (Lipinski definition) is 1. The lowest BCUT2D eigenvalue weighted by Crippen LogP contribution is -2.51. The highest BCUT2D eigenvalue weighted by atomic mass is 16.5. The number of nitrogens with one attached hydrogen (secondary N) is 1. The molecule has 1 saturated heterocycles. The largest absolute Gasteiger partial charge is 0.384 e. The van der Waals surface area contributed by atoms with Crippen molar-refractivity contribution in [3.63, 3.8) is 0 Å². The Labute approximate surface area is 135 Å². The minimum absolute atomic E-state index is 0.162. The van der Waals surface area contributed by atoms with Crippen LogP contribution in [0.15, 0.2) is 24.3 Å². The Morgan fingerprint density at radius 1 is 1.30 bits per heavy atom. The predicted octanol–water partition coefficient (Wildman–Crippen LogP) is 1.40. The molecule has 1 aromatic carbocycles. The number of benzene rings is 1. The van der Waals surface area contributed by atoms with Crippen molar-refractivity contribution in [2.75, 3.05) is 38.3 Å². The lowest BCUT2D eigenvalue weighted by atomic mass is 9.78. The van der Waals surface area contributed by atoms with Crippen molar-refractivity contribution in [1.29, 1.82) is 0 Å². The van der Waals surface area contributed by atoms with Crippen molar-refractivity contribution in [1.82, 2.24) is 14.9 Å². The third-order valence-electron chi connectivity index (χ3n) is 5.10. The summed E-state index contributed by atoms with van der Waals surface area (Å²) < 4.78 is 7.56. The van der Waals surface area contributed by atoms with Crippen LogP contribution >= 0.6 is 0 Å². The highest BCUT2D eigenvalue weighted by Gasteiger charge is 2.44. The fourth-order valence-corrected chi connectivity index (χ4v) is 3.87. The van der Waals surface area contributed by atoms with Crippen LogP contribution in [0.5, 0.6) is 0 Å². The van der Waals surface area contributed by atoms with Crippen LogP contribution in [-0.2, 0) is 16.1 Å². The van der Waals surface area contributed by atoms with Crippen LogP contribution in [-0.4, -0.2) is 48.8 Å². The molecule has 6 heteroatoms. The number of ether oxygens (including phenoxy) is 1. The fourth-order valence-electron chi connectivity index (χ4n) is 3.87. The smallest absolute Gasteiger partial charge is 0.238 e. The second kappa shape index (κ2) is 5.62. The summed E-state index contributed by atoms with van der Waals surface area (Å²) in [6.07, 6.45) is 1.63. The van der Waals surface area contributed by atoms with E-state index in [1.165, 1.54) is 0 Å². The van der Waals surface area contributed by atoms with E-state index in [1.807, 2.05) is 23.1 Å². The van der Waals surface area contributed by atoms with Crippen molar-refractivity contribution in [2.24, 2.45) is 5.41 Å². The van der Waals surface area contributed by atoms with E-state index in [2.05, 4.69) is 16.0 Å². The molecule has 2 aliphatic rings. The highest BCUT2D eigenvalue weighted by molar-refractivity contribution is 5.98. The molecular formula is C17H22N4O2. The lowest BCUT2D eigenvalue weighted by molar-refractivity contribution is -0.133. The summed E-state index contributed by atoms with van der Waals surface area (Å²) in [5.41, 5.74) is 1.63. The van der Waals surface area contributed by atoms with E-state index in [9.17, 15) is 4.79 Å². The van der Waals surface area contributed by atoms with Crippen molar-refractivity contribution in [2.45, 2.75) is 19.4 Å². The maximum Gasteiger partial charge on any atom is 0.238 e. The van der Waals surface area contributed by atoms with E-state index in [0.717, 1.165) is 49.5 Å². The molecule has 122 valence electrons. The van der Waals surface area contributed by atoms with Gasteiger partial charge in [-0.15, -0.1) is 0 Å². The zero-order valence-electron chi connectivity index (χ0n) is 13.4. The molecule has 1 N–H and O–H groups in total. The Morgan fingerprint density at radius 3 is 2.87 bits per heavy atom. The van der Waals surface area contributed by atoms with Crippen molar-refractivity contribution < 1.29 is 9.53 Å². The van der Waals surface area contributed by atoms with E-state index in [-0.39, 0.29) is 5.91 Å². The number of methoxy groups -OCH3 is 1. The molecule has 0 atom stereocenters. The van der Waals surface area contributed by atoms with Gasteiger partial charge in [0.2, 0.25) is 11.9 Å². The van der Waals surface area contributed by atoms with Crippen LogP contribution in [0.4, 0.5) is 5.95 Å². The molecule has 6 nitrogen and oxygen atoms in total. The molecule has 0 saturated carbocycles. The molecule has 0 bridgehead atoms. The molecular weight excluding hydrogens is 292 g/mol. The summed E-state index contributed by atoms with van der Waals surface area (Å²) in [6, 6.07) is 8.06. The maximum atomic E-state index is 13.3. The first-order chi connectivity index (χ1) is 11.2. The molecule has 3 heterocycles. The summed E-state index contributed by atoms with van der Waals surface area (Å²) in [5.74, 6) is 0.945. The molecule has 0 spiro atoms. The van der Waals surface area contributed by atoms with Crippen molar-refractivity contribution >= 4 is 22.9 Å². The summed E-state index contributed by atoms with van der Waals surface area (Å²) >= 11 is 0. The van der Waals surface area contributed by atoms with Gasteiger partial charge < -0.3 is 14.6 Å². The summed E-state index contributed by atoms with van der Waals surface area (Å²) in [5, 5.41) is 3.34. The van der Waals surface area contributed by atoms with E-state index in [1.54, 1.807) is 7.11 Å². The topological polar surface area (TPSA) is 59.4 Å². The summed E-state index contributed by atoms with van der Waals surface area (Å²) in [4.78, 5) is 19.9. The summed E-state index contributed by atoms with van der Waals surface area (Å²) in [6.45, 7) is 3.71. The standard InChI is InChI=1S/C17H22N4O2/c1-23-12-17(6-8-18-9-7-17)15(22)21-11-10-20-14-5-3-2-4-13(14)19-16(20)21/h2-5,18H,6-12H2,1H3. The maximum absolute atomic E-state index is 13.3. The Kier molecular flexibility index (Phi) is 3.58. The number of imidazole rings is 1. The molecule has 2 aliphatic heterocycles. The van der Waals surface area contributed by atoms with Gasteiger partial charge in [-0.05, 0) is 38.1 Å². The Balaban J connectivity index is 1.70. The van der Waals surface area contributed by atoms with Crippen molar-refractivity contribution in [3.8, 4) is 0 Å². The van der Waals surface area contributed by atoms with Crippen LogP contribution in [0.25, 0.3) is 11.0 Å². The summed E-state index contributed by atoms with van der Waals surface area (Å²) in [7, 11) is 1.68. The molecule has 2 aromatic rings. The van der Waals surface area contributed by atoms with E-state index in [0.29, 0.717) is 13.2 Å². The molecule has 4 rings (SSSR count). The van der Waals surface area contributed by atoms with E-state index >= 15 is 0 Å². The van der Waals surface area contributed by atoms with Gasteiger partial charge in [0.1, 0.15) is 0 Å². The van der Waals surface area contributed by atoms with Gasteiger partial charge in [0, 0.05) is 20.2 Å². The Bertz CT molecular complexity index is 728. The monoisotopic (exact) mass is 314 g/mol. The third kappa shape index (κ3) is 2.24. The molecule has 0 unspecified atom stereocenters. The van der Waals surface area contributed by atoms with Crippen LogP contribution in [0.1, 0.15) is 12.8 Å². The van der Waals surface area contributed by atoms with Gasteiger partial charge in [0.25, 0.3) is 0 Å². The number of piperidine rings is 1. The number of aromatic nitrogens is 2. The average molecular weight is 314 g/mol. The number of para-hydroxylation sites is 2. The minimum atomic E-state index is -0.423. The highest BCUT2D eigenvalue weighted by Crippen LogP contribution is 2.36. The number of carbonyl (C=O) groups is 1. The number of hydrogen-bond acceptors (Lipinski definition) is 4. The van der Waals surface area contributed by atoms with Crippen LogP contribution in [0, 0.1) is 5.41 Å². The molecule has 1 fully saturated rings.